The van der Waals surface area contributed by atoms with Gasteiger partial charge in [-0.15, -0.1) is 0 Å². The van der Waals surface area contributed by atoms with Gasteiger partial charge < -0.3 is 13.7 Å². The summed E-state index contributed by atoms with van der Waals surface area (Å²) in [6.45, 7) is 3.63. The molecular weight excluding hydrogens is 214 g/mol. The van der Waals surface area contributed by atoms with Gasteiger partial charge in [-0.1, -0.05) is 5.16 Å². The van der Waals surface area contributed by atoms with Crippen molar-refractivity contribution in [2.75, 3.05) is 6.61 Å². The minimum absolute atomic E-state index is 0.0827. The van der Waals surface area contributed by atoms with E-state index in [1.54, 1.807) is 13.8 Å². The Kier molecular flexibility index (Phi) is 2.67. The molecular formula is C9H9N3O4. The van der Waals surface area contributed by atoms with Crippen molar-refractivity contribution in [2.24, 2.45) is 0 Å². The fraction of sp³-hybridized carbons (Fsp3) is 0.333. The molecule has 0 aliphatic carbocycles. The lowest BCUT2D eigenvalue weighted by Gasteiger charge is -1.94. The lowest BCUT2D eigenvalue weighted by molar-refractivity contribution is 0.0519. The molecule has 0 fully saturated rings. The van der Waals surface area contributed by atoms with Crippen molar-refractivity contribution in [1.29, 1.82) is 0 Å². The van der Waals surface area contributed by atoms with Crippen LogP contribution in [0.5, 0.6) is 0 Å². The molecule has 0 amide bonds. The van der Waals surface area contributed by atoms with E-state index in [1.165, 1.54) is 6.26 Å². The summed E-state index contributed by atoms with van der Waals surface area (Å²) in [5.41, 5.74) is 0.0827. The van der Waals surface area contributed by atoms with Gasteiger partial charge >= 0.3 is 5.97 Å². The monoisotopic (exact) mass is 223 g/mol. The van der Waals surface area contributed by atoms with E-state index in [0.29, 0.717) is 5.89 Å². The molecule has 2 rings (SSSR count). The number of hydrogen-bond donors (Lipinski definition) is 0. The first-order valence-corrected chi connectivity index (χ1v) is 4.64. The molecule has 0 aliphatic rings. The number of aryl methyl sites for hydroxylation is 1. The number of esters is 1. The summed E-state index contributed by atoms with van der Waals surface area (Å²) in [5.74, 6) is 0.177. The molecule has 0 unspecified atom stereocenters. The Labute approximate surface area is 90.4 Å². The maximum absolute atomic E-state index is 11.3. The molecule has 2 aromatic heterocycles. The van der Waals surface area contributed by atoms with E-state index in [9.17, 15) is 4.79 Å². The zero-order valence-electron chi connectivity index (χ0n) is 8.76. The first-order chi connectivity index (χ1) is 7.70. The lowest BCUT2D eigenvalue weighted by Crippen LogP contribution is -2.04. The molecule has 0 atom stereocenters. The Bertz CT molecular complexity index is 502. The largest absolute Gasteiger partial charge is 0.461 e. The van der Waals surface area contributed by atoms with Crippen LogP contribution in [0.3, 0.4) is 0 Å². The van der Waals surface area contributed by atoms with Gasteiger partial charge in [-0.2, -0.15) is 9.97 Å². The number of ether oxygens (including phenoxy) is 1. The number of nitrogens with zero attached hydrogens (tertiary/aromatic N) is 3. The van der Waals surface area contributed by atoms with Gasteiger partial charge in [0.25, 0.3) is 11.7 Å². The van der Waals surface area contributed by atoms with Crippen molar-refractivity contribution >= 4 is 5.97 Å². The minimum atomic E-state index is -0.544. The highest BCUT2D eigenvalue weighted by molar-refractivity contribution is 5.87. The summed E-state index contributed by atoms with van der Waals surface area (Å²) >= 11 is 0. The molecule has 0 saturated heterocycles. The number of rotatable bonds is 3. The maximum atomic E-state index is 11.3. The predicted octanol–water partition coefficient (Wildman–Crippen LogP) is 1.21. The van der Waals surface area contributed by atoms with Crippen molar-refractivity contribution in [1.82, 2.24) is 15.1 Å². The summed E-state index contributed by atoms with van der Waals surface area (Å²) in [4.78, 5) is 19.1. The standard InChI is InChI=1S/C9H9N3O4/c1-3-14-9(13)6-4-15-8(11-6)7-10-5(2)16-12-7/h4H,3H2,1-2H3. The fourth-order valence-corrected chi connectivity index (χ4v) is 1.06. The number of carbonyl (C=O) groups is 1. The smallest absolute Gasteiger partial charge is 0.360 e. The number of carbonyl (C=O) groups excluding carboxylic acids is 1. The average Bonchev–Trinajstić information content (AvgIpc) is 2.85. The van der Waals surface area contributed by atoms with Crippen LogP contribution in [-0.2, 0) is 4.74 Å². The SMILES string of the molecule is CCOC(=O)c1coc(-c2noc(C)n2)n1. The molecule has 0 aromatic carbocycles. The van der Waals surface area contributed by atoms with Gasteiger partial charge in [-0.3, -0.25) is 0 Å². The van der Waals surface area contributed by atoms with Gasteiger partial charge in [0.1, 0.15) is 6.26 Å². The van der Waals surface area contributed by atoms with Crippen LogP contribution in [0.25, 0.3) is 11.7 Å². The number of hydrogen-bond acceptors (Lipinski definition) is 7. The van der Waals surface area contributed by atoms with Crippen molar-refractivity contribution in [3.8, 4) is 11.7 Å². The Morgan fingerprint density at radius 1 is 1.50 bits per heavy atom. The fourth-order valence-electron chi connectivity index (χ4n) is 1.06. The molecule has 2 heterocycles. The predicted molar refractivity (Wildman–Crippen MR) is 50.5 cm³/mol. The van der Waals surface area contributed by atoms with Crippen LogP contribution in [0.15, 0.2) is 15.2 Å². The second-order valence-electron chi connectivity index (χ2n) is 2.90. The van der Waals surface area contributed by atoms with Crippen LogP contribution < -0.4 is 0 Å². The molecule has 0 spiro atoms. The van der Waals surface area contributed by atoms with E-state index < -0.39 is 5.97 Å². The van der Waals surface area contributed by atoms with Crippen LogP contribution in [0.4, 0.5) is 0 Å². The van der Waals surface area contributed by atoms with E-state index in [-0.39, 0.29) is 24.0 Å². The van der Waals surface area contributed by atoms with Crippen molar-refractivity contribution in [3.05, 3.63) is 17.8 Å². The average molecular weight is 223 g/mol. The zero-order valence-corrected chi connectivity index (χ0v) is 8.76. The third-order valence-corrected chi connectivity index (χ3v) is 1.71. The van der Waals surface area contributed by atoms with Crippen LogP contribution in [0.1, 0.15) is 23.3 Å². The van der Waals surface area contributed by atoms with E-state index >= 15 is 0 Å². The molecule has 0 bridgehead atoms. The summed E-state index contributed by atoms with van der Waals surface area (Å²) in [6.07, 6.45) is 1.19. The highest BCUT2D eigenvalue weighted by Gasteiger charge is 2.17. The van der Waals surface area contributed by atoms with E-state index in [4.69, 9.17) is 13.7 Å². The molecule has 0 N–H and O–H groups in total. The Morgan fingerprint density at radius 2 is 2.31 bits per heavy atom. The molecule has 2 aromatic rings. The molecule has 0 radical (unpaired) electrons. The summed E-state index contributed by atoms with van der Waals surface area (Å²) in [7, 11) is 0. The topological polar surface area (TPSA) is 91.2 Å². The van der Waals surface area contributed by atoms with Crippen LogP contribution in [0.2, 0.25) is 0 Å². The van der Waals surface area contributed by atoms with Crippen LogP contribution in [-0.4, -0.2) is 27.7 Å². The lowest BCUT2D eigenvalue weighted by atomic mass is 10.5. The number of aromatic nitrogens is 3. The van der Waals surface area contributed by atoms with Crippen LogP contribution >= 0.6 is 0 Å². The second kappa shape index (κ2) is 4.13. The van der Waals surface area contributed by atoms with Gasteiger partial charge in [-0.25, -0.2) is 4.79 Å². The molecule has 7 heteroatoms. The van der Waals surface area contributed by atoms with Gasteiger partial charge in [0.15, 0.2) is 5.69 Å². The molecule has 0 saturated carbocycles. The molecule has 16 heavy (non-hydrogen) atoms. The second-order valence-corrected chi connectivity index (χ2v) is 2.90. The minimum Gasteiger partial charge on any atom is -0.461 e. The molecule has 7 nitrogen and oxygen atoms in total. The Morgan fingerprint density at radius 3 is 2.94 bits per heavy atom. The zero-order chi connectivity index (χ0) is 11.5. The summed E-state index contributed by atoms with van der Waals surface area (Å²) in [5, 5.41) is 3.61. The summed E-state index contributed by atoms with van der Waals surface area (Å²) in [6, 6.07) is 0. The van der Waals surface area contributed by atoms with Crippen molar-refractivity contribution < 1.29 is 18.5 Å². The Balaban J connectivity index is 2.22. The number of oxazole rings is 1. The highest BCUT2D eigenvalue weighted by Crippen LogP contribution is 2.15. The van der Waals surface area contributed by atoms with E-state index in [1.807, 2.05) is 0 Å². The van der Waals surface area contributed by atoms with Crippen molar-refractivity contribution in [2.45, 2.75) is 13.8 Å². The third-order valence-electron chi connectivity index (χ3n) is 1.71. The van der Waals surface area contributed by atoms with E-state index in [0.717, 1.165) is 0 Å². The summed E-state index contributed by atoms with van der Waals surface area (Å²) < 4.78 is 14.6. The quantitative estimate of drug-likeness (QED) is 0.722. The van der Waals surface area contributed by atoms with Crippen molar-refractivity contribution in [3.63, 3.8) is 0 Å². The normalized spacial score (nSPS) is 10.4. The third kappa shape index (κ3) is 1.92. The first-order valence-electron chi connectivity index (χ1n) is 4.64. The molecule has 84 valence electrons. The molecule has 0 aliphatic heterocycles. The van der Waals surface area contributed by atoms with Gasteiger partial charge in [0.2, 0.25) is 5.89 Å². The highest BCUT2D eigenvalue weighted by atomic mass is 16.5. The van der Waals surface area contributed by atoms with Crippen LogP contribution in [0, 0.1) is 6.92 Å². The Hall–Kier alpha value is -2.18. The van der Waals surface area contributed by atoms with E-state index in [2.05, 4.69) is 15.1 Å². The van der Waals surface area contributed by atoms with Gasteiger partial charge in [0, 0.05) is 6.92 Å². The van der Waals surface area contributed by atoms with Gasteiger partial charge in [-0.05, 0) is 6.92 Å². The first kappa shape index (κ1) is 10.3. The maximum Gasteiger partial charge on any atom is 0.360 e. The van der Waals surface area contributed by atoms with Gasteiger partial charge in [0.05, 0.1) is 6.61 Å².